The molecule has 0 aliphatic carbocycles. The number of halogens is 3. The van der Waals surface area contributed by atoms with Crippen LogP contribution >= 0.6 is 27.5 Å². The standard InChI is InChI=1S/C9H9BrClFO/c1-2-3-13-9-5-7(11)6(10)4-8(9)12/h4-5H,2-3H2,1H3. The molecule has 0 spiro atoms. The monoisotopic (exact) mass is 266 g/mol. The van der Waals surface area contributed by atoms with Crippen LogP contribution in [-0.2, 0) is 0 Å². The first kappa shape index (κ1) is 10.8. The minimum atomic E-state index is -0.398. The molecular formula is C9H9BrClFO. The van der Waals surface area contributed by atoms with Gasteiger partial charge in [0, 0.05) is 10.5 Å². The van der Waals surface area contributed by atoms with Gasteiger partial charge in [-0.05, 0) is 28.4 Å². The minimum absolute atomic E-state index is 0.204. The fraction of sp³-hybridized carbons (Fsp3) is 0.333. The van der Waals surface area contributed by atoms with E-state index in [9.17, 15) is 4.39 Å². The lowest BCUT2D eigenvalue weighted by Gasteiger charge is -2.06. The van der Waals surface area contributed by atoms with Crippen LogP contribution in [0.25, 0.3) is 0 Å². The van der Waals surface area contributed by atoms with Crippen molar-refractivity contribution in [3.05, 3.63) is 27.4 Å². The highest BCUT2D eigenvalue weighted by Gasteiger charge is 2.07. The number of hydrogen-bond donors (Lipinski definition) is 0. The van der Waals surface area contributed by atoms with E-state index in [1.807, 2.05) is 6.92 Å². The molecule has 0 radical (unpaired) electrons. The fourth-order valence-corrected chi connectivity index (χ4v) is 1.30. The Balaban J connectivity index is 2.88. The minimum Gasteiger partial charge on any atom is -0.490 e. The summed E-state index contributed by atoms with van der Waals surface area (Å²) in [5.41, 5.74) is 0. The lowest BCUT2D eigenvalue weighted by molar-refractivity contribution is 0.301. The zero-order chi connectivity index (χ0) is 9.84. The van der Waals surface area contributed by atoms with E-state index in [0.29, 0.717) is 16.1 Å². The molecule has 0 bridgehead atoms. The van der Waals surface area contributed by atoms with E-state index in [0.717, 1.165) is 6.42 Å². The van der Waals surface area contributed by atoms with E-state index < -0.39 is 5.82 Å². The molecule has 0 saturated carbocycles. The molecule has 0 aliphatic rings. The predicted molar refractivity (Wildman–Crippen MR) is 54.9 cm³/mol. The van der Waals surface area contributed by atoms with E-state index >= 15 is 0 Å². The molecule has 1 aromatic rings. The molecule has 4 heteroatoms. The maximum atomic E-state index is 13.1. The zero-order valence-corrected chi connectivity index (χ0v) is 9.45. The first-order valence-corrected chi connectivity index (χ1v) is 5.09. The molecule has 0 aliphatic heterocycles. The summed E-state index contributed by atoms with van der Waals surface area (Å²) in [5, 5.41) is 0.451. The maximum Gasteiger partial charge on any atom is 0.166 e. The summed E-state index contributed by atoms with van der Waals surface area (Å²) in [6.45, 7) is 2.45. The third kappa shape index (κ3) is 2.85. The normalized spacial score (nSPS) is 10.2. The van der Waals surface area contributed by atoms with Gasteiger partial charge in [0.2, 0.25) is 0 Å². The van der Waals surface area contributed by atoms with Crippen molar-refractivity contribution in [3.8, 4) is 5.75 Å². The van der Waals surface area contributed by atoms with Crippen LogP contribution in [0.5, 0.6) is 5.75 Å². The van der Waals surface area contributed by atoms with Crippen molar-refractivity contribution >= 4 is 27.5 Å². The van der Waals surface area contributed by atoms with Crippen molar-refractivity contribution < 1.29 is 9.13 Å². The van der Waals surface area contributed by atoms with Crippen molar-refractivity contribution in [2.24, 2.45) is 0 Å². The van der Waals surface area contributed by atoms with Crippen LogP contribution in [0.3, 0.4) is 0 Å². The highest BCUT2D eigenvalue weighted by Crippen LogP contribution is 2.29. The molecule has 0 unspecified atom stereocenters. The quantitative estimate of drug-likeness (QED) is 0.751. The molecule has 0 fully saturated rings. The van der Waals surface area contributed by atoms with Crippen LogP contribution in [0.2, 0.25) is 5.02 Å². The molecule has 0 atom stereocenters. The molecule has 72 valence electrons. The second-order valence-corrected chi connectivity index (χ2v) is 3.81. The lowest BCUT2D eigenvalue weighted by Crippen LogP contribution is -1.97. The van der Waals surface area contributed by atoms with Crippen LogP contribution in [0, 0.1) is 5.82 Å². The van der Waals surface area contributed by atoms with E-state index in [-0.39, 0.29) is 5.75 Å². The zero-order valence-electron chi connectivity index (χ0n) is 7.11. The van der Waals surface area contributed by atoms with Crippen molar-refractivity contribution in [3.63, 3.8) is 0 Å². The topological polar surface area (TPSA) is 9.23 Å². The van der Waals surface area contributed by atoms with Gasteiger partial charge >= 0.3 is 0 Å². The second-order valence-electron chi connectivity index (χ2n) is 2.55. The summed E-state index contributed by atoms with van der Waals surface area (Å²) in [6, 6.07) is 2.77. The SMILES string of the molecule is CCCOc1cc(Cl)c(Br)cc1F. The molecule has 13 heavy (non-hydrogen) atoms. The predicted octanol–water partition coefficient (Wildman–Crippen LogP) is 4.03. The van der Waals surface area contributed by atoms with Crippen LogP contribution in [-0.4, -0.2) is 6.61 Å². The van der Waals surface area contributed by atoms with Crippen LogP contribution < -0.4 is 4.74 Å². The molecule has 1 nitrogen and oxygen atoms in total. The molecule has 0 aromatic heterocycles. The van der Waals surface area contributed by atoms with Gasteiger partial charge in [-0.25, -0.2) is 4.39 Å². The number of benzene rings is 1. The summed E-state index contributed by atoms with van der Waals surface area (Å²) in [5.74, 6) is -0.195. The molecule has 0 N–H and O–H groups in total. The molecule has 1 rings (SSSR count). The Hall–Kier alpha value is -0.280. The summed E-state index contributed by atoms with van der Waals surface area (Å²) in [4.78, 5) is 0. The fourth-order valence-electron chi connectivity index (χ4n) is 0.827. The average Bonchev–Trinajstić information content (AvgIpc) is 2.09. The first-order valence-electron chi connectivity index (χ1n) is 3.92. The number of ether oxygens (including phenoxy) is 1. The smallest absolute Gasteiger partial charge is 0.166 e. The number of rotatable bonds is 3. The van der Waals surface area contributed by atoms with Crippen molar-refractivity contribution in [1.82, 2.24) is 0 Å². The third-order valence-corrected chi connectivity index (χ3v) is 2.63. The first-order chi connectivity index (χ1) is 6.15. The Morgan fingerprint density at radius 1 is 1.54 bits per heavy atom. The Bertz CT molecular complexity index is 304. The van der Waals surface area contributed by atoms with Crippen molar-refractivity contribution in [2.75, 3.05) is 6.61 Å². The van der Waals surface area contributed by atoms with E-state index in [4.69, 9.17) is 16.3 Å². The lowest BCUT2D eigenvalue weighted by atomic mass is 10.3. The van der Waals surface area contributed by atoms with Gasteiger partial charge in [-0.2, -0.15) is 0 Å². The Labute approximate surface area is 90.0 Å². The average molecular weight is 268 g/mol. The van der Waals surface area contributed by atoms with Crippen LogP contribution in [0.4, 0.5) is 4.39 Å². The van der Waals surface area contributed by atoms with Gasteiger partial charge in [-0.15, -0.1) is 0 Å². The summed E-state index contributed by atoms with van der Waals surface area (Å²) < 4.78 is 18.8. The van der Waals surface area contributed by atoms with Crippen molar-refractivity contribution in [1.29, 1.82) is 0 Å². The van der Waals surface area contributed by atoms with E-state index in [2.05, 4.69) is 15.9 Å². The molecular weight excluding hydrogens is 258 g/mol. The Morgan fingerprint density at radius 2 is 2.23 bits per heavy atom. The van der Waals surface area contributed by atoms with Gasteiger partial charge in [0.15, 0.2) is 11.6 Å². The van der Waals surface area contributed by atoms with Gasteiger partial charge in [0.1, 0.15) is 0 Å². The van der Waals surface area contributed by atoms with E-state index in [1.165, 1.54) is 12.1 Å². The van der Waals surface area contributed by atoms with Crippen LogP contribution in [0.15, 0.2) is 16.6 Å². The number of hydrogen-bond acceptors (Lipinski definition) is 1. The summed E-state index contributed by atoms with van der Waals surface area (Å²) in [6.07, 6.45) is 0.840. The van der Waals surface area contributed by atoms with E-state index in [1.54, 1.807) is 0 Å². The molecule has 0 saturated heterocycles. The van der Waals surface area contributed by atoms with Crippen molar-refractivity contribution in [2.45, 2.75) is 13.3 Å². The van der Waals surface area contributed by atoms with Gasteiger partial charge in [-0.1, -0.05) is 18.5 Å². The summed E-state index contributed by atoms with van der Waals surface area (Å²) >= 11 is 8.89. The summed E-state index contributed by atoms with van der Waals surface area (Å²) in [7, 11) is 0. The largest absolute Gasteiger partial charge is 0.490 e. The highest BCUT2D eigenvalue weighted by molar-refractivity contribution is 9.10. The highest BCUT2D eigenvalue weighted by atomic mass is 79.9. The van der Waals surface area contributed by atoms with Crippen LogP contribution in [0.1, 0.15) is 13.3 Å². The Morgan fingerprint density at radius 3 is 2.85 bits per heavy atom. The second kappa shape index (κ2) is 4.82. The van der Waals surface area contributed by atoms with Gasteiger partial charge in [0.25, 0.3) is 0 Å². The van der Waals surface area contributed by atoms with Gasteiger partial charge < -0.3 is 4.74 Å². The van der Waals surface area contributed by atoms with Gasteiger partial charge in [0.05, 0.1) is 11.6 Å². The Kier molecular flexibility index (Phi) is 4.00. The molecule has 0 heterocycles. The maximum absolute atomic E-state index is 13.1. The third-order valence-electron chi connectivity index (χ3n) is 1.44. The van der Waals surface area contributed by atoms with Gasteiger partial charge in [-0.3, -0.25) is 0 Å². The molecule has 1 aromatic carbocycles. The molecule has 0 amide bonds.